The Balaban J connectivity index is 2.46. The second kappa shape index (κ2) is 5.03. The van der Waals surface area contributed by atoms with Crippen LogP contribution in [0.3, 0.4) is 0 Å². The lowest BCUT2D eigenvalue weighted by molar-refractivity contribution is -0.136. The Kier molecular flexibility index (Phi) is 3.57. The minimum absolute atomic E-state index is 0.00686. The first kappa shape index (κ1) is 14.2. The molecular weight excluding hydrogens is 272 g/mol. The van der Waals surface area contributed by atoms with Crippen LogP contribution < -0.4 is 11.1 Å². The maximum atomic E-state index is 13.6. The van der Waals surface area contributed by atoms with Crippen molar-refractivity contribution < 1.29 is 17.6 Å². The maximum Gasteiger partial charge on any atom is 0.418 e. The van der Waals surface area contributed by atoms with Crippen LogP contribution in [0.15, 0.2) is 36.4 Å². The van der Waals surface area contributed by atoms with Gasteiger partial charge in [-0.25, -0.2) is 4.39 Å². The third-order valence-electron chi connectivity index (χ3n) is 2.74. The number of nitrogens with two attached hydrogens (primary N) is 1. The molecule has 0 saturated carbocycles. The second-order valence-electron chi connectivity index (χ2n) is 4.41. The lowest BCUT2D eigenvalue weighted by Crippen LogP contribution is -2.10. The summed E-state index contributed by atoms with van der Waals surface area (Å²) in [6.45, 7) is 1.72. The molecule has 0 atom stereocenters. The Morgan fingerprint density at radius 3 is 2.35 bits per heavy atom. The number of anilines is 3. The van der Waals surface area contributed by atoms with Crippen molar-refractivity contribution in [3.05, 3.63) is 53.3 Å². The topological polar surface area (TPSA) is 38.0 Å². The fourth-order valence-corrected chi connectivity index (χ4v) is 1.79. The highest BCUT2D eigenvalue weighted by molar-refractivity contribution is 5.67. The van der Waals surface area contributed by atoms with Gasteiger partial charge in [-0.2, -0.15) is 13.2 Å². The van der Waals surface area contributed by atoms with Crippen molar-refractivity contribution in [3.63, 3.8) is 0 Å². The van der Waals surface area contributed by atoms with E-state index in [1.807, 2.05) is 0 Å². The lowest BCUT2D eigenvalue weighted by atomic mass is 10.1. The van der Waals surface area contributed by atoms with Gasteiger partial charge in [0, 0.05) is 5.69 Å². The number of hydrogen-bond donors (Lipinski definition) is 2. The monoisotopic (exact) mass is 284 g/mol. The largest absolute Gasteiger partial charge is 0.418 e. The van der Waals surface area contributed by atoms with Crippen LogP contribution in [0.2, 0.25) is 0 Å². The Hall–Kier alpha value is -2.24. The van der Waals surface area contributed by atoms with Crippen molar-refractivity contribution in [3.8, 4) is 0 Å². The third kappa shape index (κ3) is 3.01. The molecule has 0 saturated heterocycles. The first-order valence-electron chi connectivity index (χ1n) is 5.77. The smallest absolute Gasteiger partial charge is 0.399 e. The van der Waals surface area contributed by atoms with Crippen LogP contribution in [0.25, 0.3) is 0 Å². The van der Waals surface area contributed by atoms with Crippen molar-refractivity contribution in [2.45, 2.75) is 13.1 Å². The predicted octanol–water partition coefficient (Wildman–Crippen LogP) is 4.48. The summed E-state index contributed by atoms with van der Waals surface area (Å²) in [6, 6.07) is 7.49. The van der Waals surface area contributed by atoms with Gasteiger partial charge < -0.3 is 11.1 Å². The maximum absolute atomic E-state index is 13.6. The SMILES string of the molecule is Cc1ccc(F)c(Nc2ccc(N)cc2C(F)(F)F)c1. The third-order valence-corrected chi connectivity index (χ3v) is 2.74. The molecule has 0 radical (unpaired) electrons. The number of hydrogen-bond acceptors (Lipinski definition) is 2. The van der Waals surface area contributed by atoms with Crippen LogP contribution in [-0.4, -0.2) is 0 Å². The van der Waals surface area contributed by atoms with Crippen molar-refractivity contribution >= 4 is 17.1 Å². The summed E-state index contributed by atoms with van der Waals surface area (Å²) < 4.78 is 52.4. The van der Waals surface area contributed by atoms with E-state index in [1.165, 1.54) is 30.3 Å². The Morgan fingerprint density at radius 2 is 1.70 bits per heavy atom. The van der Waals surface area contributed by atoms with E-state index in [0.717, 1.165) is 11.6 Å². The molecule has 0 aliphatic heterocycles. The molecule has 0 aromatic heterocycles. The Morgan fingerprint density at radius 1 is 1.00 bits per heavy atom. The number of nitrogen functional groups attached to an aromatic ring is 1. The van der Waals surface area contributed by atoms with Gasteiger partial charge in [0.25, 0.3) is 0 Å². The number of alkyl halides is 3. The van der Waals surface area contributed by atoms with Crippen molar-refractivity contribution in [2.75, 3.05) is 11.1 Å². The highest BCUT2D eigenvalue weighted by Gasteiger charge is 2.33. The summed E-state index contributed by atoms with van der Waals surface area (Å²) >= 11 is 0. The van der Waals surface area contributed by atoms with Gasteiger partial charge in [-0.15, -0.1) is 0 Å². The molecule has 0 aliphatic carbocycles. The van der Waals surface area contributed by atoms with E-state index in [2.05, 4.69) is 5.32 Å². The zero-order valence-electron chi connectivity index (χ0n) is 10.6. The van der Waals surface area contributed by atoms with Crippen molar-refractivity contribution in [1.29, 1.82) is 0 Å². The summed E-state index contributed by atoms with van der Waals surface area (Å²) in [5.41, 5.74) is 4.91. The molecule has 0 unspecified atom stereocenters. The summed E-state index contributed by atoms with van der Waals surface area (Å²) in [5, 5.41) is 2.46. The number of nitrogens with one attached hydrogen (secondary N) is 1. The second-order valence-corrected chi connectivity index (χ2v) is 4.41. The van der Waals surface area contributed by atoms with Gasteiger partial charge in [-0.3, -0.25) is 0 Å². The first-order valence-corrected chi connectivity index (χ1v) is 5.77. The van der Waals surface area contributed by atoms with E-state index in [9.17, 15) is 17.6 Å². The number of halogens is 4. The molecule has 0 bridgehead atoms. The summed E-state index contributed by atoms with van der Waals surface area (Å²) in [7, 11) is 0. The molecule has 0 aliphatic rings. The van der Waals surface area contributed by atoms with Gasteiger partial charge in [-0.05, 0) is 42.8 Å². The van der Waals surface area contributed by atoms with Crippen LogP contribution >= 0.6 is 0 Å². The minimum atomic E-state index is -4.57. The normalized spacial score (nSPS) is 11.4. The molecule has 106 valence electrons. The van der Waals surface area contributed by atoms with Crippen LogP contribution in [0.4, 0.5) is 34.6 Å². The zero-order valence-corrected chi connectivity index (χ0v) is 10.6. The zero-order chi connectivity index (χ0) is 14.9. The fourth-order valence-electron chi connectivity index (χ4n) is 1.79. The summed E-state index contributed by atoms with van der Waals surface area (Å²) in [5.74, 6) is -0.624. The molecule has 2 rings (SSSR count). The van der Waals surface area contributed by atoms with Gasteiger partial charge in [0.15, 0.2) is 0 Å². The Bertz CT molecular complexity index is 636. The molecular formula is C14H12F4N2. The number of aryl methyl sites for hydroxylation is 1. The first-order chi connectivity index (χ1) is 9.27. The molecule has 20 heavy (non-hydrogen) atoms. The molecule has 0 amide bonds. The average Bonchev–Trinajstić information content (AvgIpc) is 2.34. The Labute approximate surface area is 113 Å². The number of rotatable bonds is 2. The van der Waals surface area contributed by atoms with Gasteiger partial charge in [0.1, 0.15) is 5.82 Å². The van der Waals surface area contributed by atoms with E-state index in [-0.39, 0.29) is 17.1 Å². The van der Waals surface area contributed by atoms with Crippen LogP contribution in [0.5, 0.6) is 0 Å². The molecule has 6 heteroatoms. The quantitative estimate of drug-likeness (QED) is 0.630. The highest BCUT2D eigenvalue weighted by atomic mass is 19.4. The van der Waals surface area contributed by atoms with Crippen LogP contribution in [0.1, 0.15) is 11.1 Å². The highest BCUT2D eigenvalue weighted by Crippen LogP contribution is 2.37. The molecule has 2 aromatic rings. The van der Waals surface area contributed by atoms with E-state index >= 15 is 0 Å². The minimum Gasteiger partial charge on any atom is -0.399 e. The average molecular weight is 284 g/mol. The molecule has 3 N–H and O–H groups in total. The molecule has 0 heterocycles. The van der Waals surface area contributed by atoms with E-state index < -0.39 is 17.6 Å². The van der Waals surface area contributed by atoms with Gasteiger partial charge in [-0.1, -0.05) is 6.07 Å². The molecule has 0 fully saturated rings. The van der Waals surface area contributed by atoms with E-state index in [4.69, 9.17) is 5.73 Å². The van der Waals surface area contributed by atoms with Crippen LogP contribution in [-0.2, 0) is 6.18 Å². The fraction of sp³-hybridized carbons (Fsp3) is 0.143. The lowest BCUT2D eigenvalue weighted by Gasteiger charge is -2.16. The summed E-state index contributed by atoms with van der Waals surface area (Å²) in [4.78, 5) is 0. The van der Waals surface area contributed by atoms with Crippen molar-refractivity contribution in [2.24, 2.45) is 0 Å². The molecule has 2 aromatic carbocycles. The molecule has 2 nitrogen and oxygen atoms in total. The standard InChI is InChI=1S/C14H12F4N2/c1-8-2-4-11(15)13(6-8)20-12-5-3-9(19)7-10(12)14(16,17)18/h2-7,20H,19H2,1H3. The van der Waals surface area contributed by atoms with E-state index in [1.54, 1.807) is 6.92 Å². The number of benzene rings is 2. The van der Waals surface area contributed by atoms with Crippen molar-refractivity contribution in [1.82, 2.24) is 0 Å². The van der Waals surface area contributed by atoms with Crippen LogP contribution in [0, 0.1) is 12.7 Å². The molecule has 0 spiro atoms. The van der Waals surface area contributed by atoms with Gasteiger partial charge >= 0.3 is 6.18 Å². The van der Waals surface area contributed by atoms with Gasteiger partial charge in [0.05, 0.1) is 16.9 Å². The van der Waals surface area contributed by atoms with Gasteiger partial charge in [0.2, 0.25) is 0 Å². The summed E-state index contributed by atoms with van der Waals surface area (Å²) in [6.07, 6.45) is -4.57. The predicted molar refractivity (Wildman–Crippen MR) is 70.3 cm³/mol. The van der Waals surface area contributed by atoms with E-state index in [0.29, 0.717) is 0 Å².